The molecule has 100 valence electrons. The Balaban J connectivity index is 2.35. The van der Waals surface area contributed by atoms with Crippen molar-refractivity contribution in [2.24, 2.45) is 11.5 Å². The van der Waals surface area contributed by atoms with Gasteiger partial charge < -0.3 is 11.5 Å². The van der Waals surface area contributed by atoms with Crippen LogP contribution in [0.5, 0.6) is 0 Å². The Morgan fingerprint density at radius 3 is 2.21 bits per heavy atom. The minimum absolute atomic E-state index is 0.344. The van der Waals surface area contributed by atoms with Crippen molar-refractivity contribution in [1.82, 2.24) is 0 Å². The third-order valence-corrected chi connectivity index (χ3v) is 3.81. The van der Waals surface area contributed by atoms with Crippen molar-refractivity contribution in [2.75, 3.05) is 0 Å². The van der Waals surface area contributed by atoms with Crippen molar-refractivity contribution in [2.45, 2.75) is 18.5 Å². The highest BCUT2D eigenvalue weighted by Crippen LogP contribution is 2.32. The molecule has 0 saturated heterocycles. The monoisotopic (exact) mass is 294 g/mol. The van der Waals surface area contributed by atoms with Gasteiger partial charge in [0.25, 0.3) is 0 Å². The van der Waals surface area contributed by atoms with Gasteiger partial charge in [-0.1, -0.05) is 47.5 Å². The Morgan fingerprint density at radius 2 is 1.63 bits per heavy atom. The van der Waals surface area contributed by atoms with Gasteiger partial charge in [0.05, 0.1) is 11.6 Å². The Labute approximate surface area is 123 Å². The van der Waals surface area contributed by atoms with Crippen molar-refractivity contribution in [1.29, 1.82) is 0 Å². The molecule has 0 radical (unpaired) electrons. The molecule has 0 amide bonds. The average Bonchev–Trinajstić information content (AvgIpc) is 2.39. The van der Waals surface area contributed by atoms with E-state index in [1.807, 2.05) is 55.5 Å². The van der Waals surface area contributed by atoms with Gasteiger partial charge in [0.1, 0.15) is 0 Å². The van der Waals surface area contributed by atoms with Crippen molar-refractivity contribution in [3.63, 3.8) is 0 Å². The summed E-state index contributed by atoms with van der Waals surface area (Å²) in [5.74, 6) is 0. The van der Waals surface area contributed by atoms with Crippen LogP contribution in [0.3, 0.4) is 0 Å². The second-order valence-electron chi connectivity index (χ2n) is 4.82. The Morgan fingerprint density at radius 1 is 1.00 bits per heavy atom. The van der Waals surface area contributed by atoms with Crippen molar-refractivity contribution >= 4 is 23.2 Å². The summed E-state index contributed by atoms with van der Waals surface area (Å²) in [6, 6.07) is 14.5. The molecule has 0 aliphatic carbocycles. The maximum Gasteiger partial charge on any atom is 0.0577 e. The lowest BCUT2D eigenvalue weighted by molar-refractivity contribution is 0.397. The number of nitrogens with two attached hydrogens (primary N) is 2. The van der Waals surface area contributed by atoms with Gasteiger partial charge in [-0.2, -0.15) is 0 Å². The van der Waals surface area contributed by atoms with Gasteiger partial charge >= 0.3 is 0 Å². The third-order valence-electron chi connectivity index (χ3n) is 3.32. The van der Waals surface area contributed by atoms with E-state index in [4.69, 9.17) is 34.7 Å². The highest BCUT2D eigenvalue weighted by Gasteiger charge is 2.30. The lowest BCUT2D eigenvalue weighted by atomic mass is 9.82. The maximum atomic E-state index is 6.40. The molecule has 0 aromatic heterocycles. The number of halogens is 2. The van der Waals surface area contributed by atoms with Gasteiger partial charge in [-0.25, -0.2) is 0 Å². The Bertz CT molecular complexity index is 565. The first-order valence-corrected chi connectivity index (χ1v) is 6.73. The molecule has 0 fully saturated rings. The lowest BCUT2D eigenvalue weighted by Gasteiger charge is -2.32. The molecule has 4 heteroatoms. The molecule has 2 aromatic rings. The van der Waals surface area contributed by atoms with Crippen LogP contribution in [0, 0.1) is 0 Å². The molecule has 0 heterocycles. The zero-order valence-electron chi connectivity index (χ0n) is 10.6. The van der Waals surface area contributed by atoms with E-state index in [0.29, 0.717) is 10.0 Å². The van der Waals surface area contributed by atoms with Crippen molar-refractivity contribution < 1.29 is 0 Å². The van der Waals surface area contributed by atoms with E-state index in [2.05, 4.69) is 0 Å². The van der Waals surface area contributed by atoms with Gasteiger partial charge in [0.15, 0.2) is 0 Å². The minimum atomic E-state index is -0.710. The van der Waals surface area contributed by atoms with E-state index in [1.165, 1.54) is 0 Å². The number of benzene rings is 2. The molecule has 0 saturated carbocycles. The molecule has 2 nitrogen and oxygen atoms in total. The standard InChI is InChI=1S/C15H16Cl2N2/c1-15(19,11-3-2-4-13(17)9-11)14(18)10-5-7-12(16)8-6-10/h2-9,14H,18-19H2,1H3. The molecule has 4 N–H and O–H groups in total. The molecular formula is C15H16Cl2N2. The Hall–Kier alpha value is -1.06. The fraction of sp³-hybridized carbons (Fsp3) is 0.200. The van der Waals surface area contributed by atoms with Crippen LogP contribution in [0.25, 0.3) is 0 Å². The largest absolute Gasteiger partial charge is 0.322 e. The molecule has 2 atom stereocenters. The smallest absolute Gasteiger partial charge is 0.0577 e. The van der Waals surface area contributed by atoms with Gasteiger partial charge in [0.2, 0.25) is 0 Å². The highest BCUT2D eigenvalue weighted by molar-refractivity contribution is 6.30. The second kappa shape index (κ2) is 5.51. The summed E-state index contributed by atoms with van der Waals surface area (Å²) in [6.07, 6.45) is 0. The van der Waals surface area contributed by atoms with E-state index in [9.17, 15) is 0 Å². The second-order valence-corrected chi connectivity index (χ2v) is 5.70. The van der Waals surface area contributed by atoms with Crippen LogP contribution in [-0.4, -0.2) is 0 Å². The van der Waals surface area contributed by atoms with Crippen LogP contribution in [0.1, 0.15) is 24.1 Å². The minimum Gasteiger partial charge on any atom is -0.322 e. The van der Waals surface area contributed by atoms with Crippen molar-refractivity contribution in [3.8, 4) is 0 Å². The molecule has 19 heavy (non-hydrogen) atoms. The van der Waals surface area contributed by atoms with Crippen LogP contribution >= 0.6 is 23.2 Å². The third kappa shape index (κ3) is 3.10. The number of hydrogen-bond donors (Lipinski definition) is 2. The summed E-state index contributed by atoms with van der Waals surface area (Å²) in [5, 5.41) is 1.33. The SMILES string of the molecule is CC(N)(c1cccc(Cl)c1)C(N)c1ccc(Cl)cc1. The first kappa shape index (κ1) is 14.4. The van der Waals surface area contributed by atoms with E-state index in [1.54, 1.807) is 0 Å². The predicted octanol–water partition coefficient (Wildman–Crippen LogP) is 3.87. The molecule has 0 aliphatic heterocycles. The molecular weight excluding hydrogens is 279 g/mol. The summed E-state index contributed by atoms with van der Waals surface area (Å²) in [4.78, 5) is 0. The Kier molecular flexibility index (Phi) is 4.16. The molecule has 0 aliphatic rings. The molecule has 2 rings (SSSR count). The van der Waals surface area contributed by atoms with Crippen molar-refractivity contribution in [3.05, 3.63) is 69.7 Å². The summed E-state index contributed by atoms with van der Waals surface area (Å²) in [6.45, 7) is 1.90. The summed E-state index contributed by atoms with van der Waals surface area (Å²) in [7, 11) is 0. The first-order valence-electron chi connectivity index (χ1n) is 5.97. The lowest BCUT2D eigenvalue weighted by Crippen LogP contribution is -2.44. The van der Waals surface area contributed by atoms with Crippen LogP contribution in [0.4, 0.5) is 0 Å². The quantitative estimate of drug-likeness (QED) is 0.903. The van der Waals surface area contributed by atoms with Crippen LogP contribution < -0.4 is 11.5 Å². The molecule has 0 bridgehead atoms. The normalized spacial score (nSPS) is 15.8. The van der Waals surface area contributed by atoms with Gasteiger partial charge in [-0.3, -0.25) is 0 Å². The average molecular weight is 295 g/mol. The summed E-state index contributed by atoms with van der Waals surface area (Å²) < 4.78 is 0. The number of hydrogen-bond acceptors (Lipinski definition) is 2. The van der Waals surface area contributed by atoms with Crippen LogP contribution in [0.15, 0.2) is 48.5 Å². The predicted molar refractivity (Wildman–Crippen MR) is 81.4 cm³/mol. The van der Waals surface area contributed by atoms with E-state index in [0.717, 1.165) is 11.1 Å². The zero-order chi connectivity index (χ0) is 14.0. The maximum absolute atomic E-state index is 6.40. The fourth-order valence-electron chi connectivity index (χ4n) is 2.02. The summed E-state index contributed by atoms with van der Waals surface area (Å²) in [5.41, 5.74) is 13.8. The van der Waals surface area contributed by atoms with Gasteiger partial charge in [-0.15, -0.1) is 0 Å². The first-order chi connectivity index (χ1) is 8.91. The number of rotatable bonds is 3. The topological polar surface area (TPSA) is 52.0 Å². The molecule has 0 spiro atoms. The van der Waals surface area contributed by atoms with Crippen LogP contribution in [0.2, 0.25) is 10.0 Å². The zero-order valence-corrected chi connectivity index (χ0v) is 12.1. The summed E-state index contributed by atoms with van der Waals surface area (Å²) >= 11 is 11.9. The van der Waals surface area contributed by atoms with E-state index < -0.39 is 5.54 Å². The van der Waals surface area contributed by atoms with Crippen LogP contribution in [-0.2, 0) is 5.54 Å². The van der Waals surface area contributed by atoms with E-state index >= 15 is 0 Å². The highest BCUT2D eigenvalue weighted by atomic mass is 35.5. The fourth-order valence-corrected chi connectivity index (χ4v) is 2.34. The van der Waals surface area contributed by atoms with Gasteiger partial charge in [0, 0.05) is 10.0 Å². The molecule has 2 unspecified atom stereocenters. The van der Waals surface area contributed by atoms with E-state index in [-0.39, 0.29) is 6.04 Å². The van der Waals surface area contributed by atoms with Gasteiger partial charge in [-0.05, 0) is 42.3 Å². The molecule has 2 aromatic carbocycles.